The number of nitriles is 1. The summed E-state index contributed by atoms with van der Waals surface area (Å²) >= 11 is 0. The van der Waals surface area contributed by atoms with Gasteiger partial charge in [0.1, 0.15) is 6.04 Å². The quantitative estimate of drug-likeness (QED) is 0.316. The number of likely N-dealkylation sites (tertiary alicyclic amines) is 1. The zero-order chi connectivity index (χ0) is 20.7. The van der Waals surface area contributed by atoms with E-state index in [-0.39, 0.29) is 63.2 Å². The van der Waals surface area contributed by atoms with Gasteiger partial charge >= 0.3 is 57.4 Å². The van der Waals surface area contributed by atoms with Crippen molar-refractivity contribution in [3.05, 3.63) is 30.9 Å². The largest absolute Gasteiger partial charge is 1.00 e. The number of pyridine rings is 1. The van der Waals surface area contributed by atoms with Crippen LogP contribution in [-0.2, 0) is 9.59 Å². The monoisotopic (exact) mass is 420 g/mol. The third-order valence-corrected chi connectivity index (χ3v) is 4.20. The number of hydrogen-bond donors (Lipinski definition) is 2. The summed E-state index contributed by atoms with van der Waals surface area (Å²) in [5.74, 6) is -0.326. The maximum absolute atomic E-state index is 12.3. The molecule has 0 bridgehead atoms. The van der Waals surface area contributed by atoms with Gasteiger partial charge in [-0.3, -0.25) is 11.6 Å². The van der Waals surface area contributed by atoms with Crippen LogP contribution >= 0.6 is 0 Å². The van der Waals surface area contributed by atoms with E-state index in [4.69, 9.17) is 10.1 Å². The van der Waals surface area contributed by atoms with Crippen molar-refractivity contribution in [2.24, 2.45) is 5.92 Å². The predicted molar refractivity (Wildman–Crippen MR) is 99.7 cm³/mol. The molecule has 11 heteroatoms. The SMILES string of the molecule is CNc1[c-]nccc1-c1cnn(C(=O)NC(C)C(=O)N2CC(C#N)C2)c1.[CH-]=O.[K+]. The maximum Gasteiger partial charge on any atom is 1.00 e. The molecule has 1 saturated heterocycles. The van der Waals surface area contributed by atoms with E-state index >= 15 is 0 Å². The van der Waals surface area contributed by atoms with Crippen molar-refractivity contribution in [3.8, 4) is 17.2 Å². The third-order valence-electron chi connectivity index (χ3n) is 4.20. The van der Waals surface area contributed by atoms with Crippen LogP contribution < -0.4 is 62.0 Å². The first kappa shape index (κ1) is 24.9. The van der Waals surface area contributed by atoms with E-state index in [0.717, 1.165) is 15.8 Å². The average Bonchev–Trinajstić information content (AvgIpc) is 3.18. The molecule has 0 spiro atoms. The first-order valence-electron chi connectivity index (χ1n) is 8.35. The minimum atomic E-state index is -0.697. The van der Waals surface area contributed by atoms with Crippen LogP contribution in [0.25, 0.3) is 11.1 Å². The number of rotatable bonds is 4. The van der Waals surface area contributed by atoms with Crippen LogP contribution in [0.5, 0.6) is 0 Å². The number of anilines is 1. The van der Waals surface area contributed by atoms with Gasteiger partial charge in [-0.25, -0.2) is 4.79 Å². The van der Waals surface area contributed by atoms with Crippen molar-refractivity contribution in [1.82, 2.24) is 25.0 Å². The number of nitrogens with zero attached hydrogens (tertiary/aromatic N) is 5. The molecule has 2 amide bonds. The Balaban J connectivity index is 0.00000136. The van der Waals surface area contributed by atoms with E-state index in [1.807, 2.05) is 0 Å². The molecule has 3 heterocycles. The Morgan fingerprint density at radius 1 is 1.41 bits per heavy atom. The zero-order valence-corrected chi connectivity index (χ0v) is 19.5. The summed E-state index contributed by atoms with van der Waals surface area (Å²) < 4.78 is 1.15. The number of amides is 2. The molecular weight excluding hydrogens is 401 g/mol. The predicted octanol–water partition coefficient (Wildman–Crippen LogP) is -2.55. The summed E-state index contributed by atoms with van der Waals surface area (Å²) in [6.45, 7) is 5.68. The van der Waals surface area contributed by atoms with E-state index in [1.54, 1.807) is 43.5 Å². The molecule has 1 aliphatic heterocycles. The summed E-state index contributed by atoms with van der Waals surface area (Å²) in [7, 11) is 1.76. The Labute approximate surface area is 211 Å². The van der Waals surface area contributed by atoms with Crippen LogP contribution in [0.3, 0.4) is 0 Å². The Hall–Kier alpha value is -2.10. The average molecular weight is 420 g/mol. The molecule has 3 rings (SSSR count). The number of carbonyl (C=O) groups excluding carboxylic acids is 3. The van der Waals surface area contributed by atoms with E-state index in [9.17, 15) is 9.59 Å². The molecular formula is C18H19KN7O3-. The zero-order valence-electron chi connectivity index (χ0n) is 16.4. The van der Waals surface area contributed by atoms with E-state index < -0.39 is 12.1 Å². The molecule has 1 aliphatic rings. The second-order valence-corrected chi connectivity index (χ2v) is 6.01. The Morgan fingerprint density at radius 2 is 2.10 bits per heavy atom. The van der Waals surface area contributed by atoms with Crippen molar-refractivity contribution in [3.63, 3.8) is 0 Å². The Kier molecular flexibility index (Phi) is 10.1. The number of hydrogen-bond acceptors (Lipinski definition) is 7. The topological polar surface area (TPSA) is 133 Å². The molecule has 0 aliphatic carbocycles. The van der Waals surface area contributed by atoms with Crippen LogP contribution in [0.15, 0.2) is 24.7 Å². The molecule has 0 radical (unpaired) electrons. The third kappa shape index (κ3) is 5.94. The minimum Gasteiger partial charge on any atom is -0.545 e. The molecule has 10 nitrogen and oxygen atoms in total. The summed E-state index contributed by atoms with van der Waals surface area (Å²) in [6, 6.07) is 2.71. The second-order valence-electron chi connectivity index (χ2n) is 6.01. The van der Waals surface area contributed by atoms with E-state index in [1.165, 1.54) is 0 Å². The van der Waals surface area contributed by atoms with Gasteiger partial charge in [-0.15, -0.1) is 6.07 Å². The van der Waals surface area contributed by atoms with Crippen LogP contribution in [0.1, 0.15) is 6.92 Å². The van der Waals surface area contributed by atoms with Crippen LogP contribution in [0, 0.1) is 23.4 Å². The van der Waals surface area contributed by atoms with Crippen molar-refractivity contribution >= 4 is 24.4 Å². The molecule has 1 fully saturated rings. The molecule has 29 heavy (non-hydrogen) atoms. The van der Waals surface area contributed by atoms with Gasteiger partial charge in [0.25, 0.3) is 0 Å². The molecule has 146 valence electrons. The van der Waals surface area contributed by atoms with Crippen molar-refractivity contribution in [2.75, 3.05) is 25.5 Å². The standard InChI is InChI=1S/C17H18N7O2.CHO.K/c1-11(16(25)23-8-12(5-18)9-23)22-17(26)24-10-13(6-21-24)14-3-4-20-7-15(14)19-2;1-2;/h3-4,6,10-12,19H,8-9H2,1-2H3,(H,22,26);1H;/q2*-1;+1. The van der Waals surface area contributed by atoms with Gasteiger partial charge in [-0.2, -0.15) is 15.0 Å². The molecule has 2 aromatic heterocycles. The van der Waals surface area contributed by atoms with Gasteiger partial charge in [-0.05, 0) is 12.5 Å². The molecule has 2 N–H and O–H groups in total. The summed E-state index contributed by atoms with van der Waals surface area (Å²) in [6.07, 6.45) is 7.57. The minimum absolute atomic E-state index is 0. The molecule has 2 aromatic rings. The van der Waals surface area contributed by atoms with Gasteiger partial charge in [-0.1, -0.05) is 23.6 Å². The normalized spacial score (nSPS) is 13.5. The molecule has 1 unspecified atom stereocenters. The fraction of sp³-hybridized carbons (Fsp3) is 0.333. The van der Waals surface area contributed by atoms with E-state index in [0.29, 0.717) is 18.8 Å². The summed E-state index contributed by atoms with van der Waals surface area (Å²) in [5.41, 5.74) is 2.23. The molecule has 0 aromatic carbocycles. The van der Waals surface area contributed by atoms with Crippen molar-refractivity contribution in [2.45, 2.75) is 13.0 Å². The van der Waals surface area contributed by atoms with Crippen LogP contribution in [0.2, 0.25) is 0 Å². The summed E-state index contributed by atoms with van der Waals surface area (Å²) in [5, 5.41) is 18.4. The van der Waals surface area contributed by atoms with Gasteiger partial charge in [0, 0.05) is 32.5 Å². The molecule has 1 atom stereocenters. The smallest absolute Gasteiger partial charge is 0.545 e. The Bertz CT molecular complexity index is 890. The van der Waals surface area contributed by atoms with Crippen molar-refractivity contribution < 1.29 is 65.8 Å². The number of carbonyl (C=O) groups is 2. The van der Waals surface area contributed by atoms with Crippen molar-refractivity contribution in [1.29, 1.82) is 5.26 Å². The van der Waals surface area contributed by atoms with Gasteiger partial charge in [0.05, 0.1) is 12.0 Å². The van der Waals surface area contributed by atoms with Gasteiger partial charge < -0.3 is 25.3 Å². The first-order valence-corrected chi connectivity index (χ1v) is 8.35. The summed E-state index contributed by atoms with van der Waals surface area (Å²) in [4.78, 5) is 37.8. The van der Waals surface area contributed by atoms with E-state index in [2.05, 4.69) is 39.8 Å². The second kappa shape index (κ2) is 11.8. The maximum atomic E-state index is 12.3. The fourth-order valence-electron chi connectivity index (χ4n) is 2.69. The number of nitrogens with one attached hydrogen (secondary N) is 2. The van der Waals surface area contributed by atoms with Crippen LogP contribution in [-0.4, -0.2) is 64.6 Å². The molecule has 0 saturated carbocycles. The van der Waals surface area contributed by atoms with Gasteiger partial charge in [0.15, 0.2) is 0 Å². The first-order chi connectivity index (χ1) is 13.5. The number of aromatic nitrogens is 3. The Morgan fingerprint density at radius 3 is 2.72 bits per heavy atom. The fourth-order valence-corrected chi connectivity index (χ4v) is 2.69. The van der Waals surface area contributed by atoms with Crippen LogP contribution in [0.4, 0.5) is 10.5 Å². The van der Waals surface area contributed by atoms with Gasteiger partial charge in [0.2, 0.25) is 5.91 Å².